The zero-order chi connectivity index (χ0) is 18.4. The molecule has 0 aliphatic heterocycles. The fourth-order valence-corrected chi connectivity index (χ4v) is 2.76. The van der Waals surface area contributed by atoms with Crippen LogP contribution in [0, 0.1) is 0 Å². The molecule has 1 aromatic rings. The highest BCUT2D eigenvalue weighted by Crippen LogP contribution is 2.35. The van der Waals surface area contributed by atoms with Crippen molar-refractivity contribution in [2.75, 3.05) is 19.8 Å². The molecule has 0 aliphatic carbocycles. The summed E-state index contributed by atoms with van der Waals surface area (Å²) >= 11 is 0. The van der Waals surface area contributed by atoms with E-state index in [1.54, 1.807) is 0 Å². The molecule has 8 N–H and O–H groups in total. The van der Waals surface area contributed by atoms with E-state index in [1.165, 1.54) is 32.1 Å². The van der Waals surface area contributed by atoms with Crippen LogP contribution in [-0.2, 0) is 13.8 Å². The van der Waals surface area contributed by atoms with Gasteiger partial charge >= 0.3 is 7.82 Å². The first-order chi connectivity index (χ1) is 12.0. The van der Waals surface area contributed by atoms with Crippen molar-refractivity contribution in [1.29, 1.82) is 0 Å². The van der Waals surface area contributed by atoms with E-state index in [0.717, 1.165) is 18.6 Å². The van der Waals surface area contributed by atoms with Crippen LogP contribution in [0.1, 0.15) is 51.9 Å². The molecule has 0 bridgehead atoms. The summed E-state index contributed by atoms with van der Waals surface area (Å²) in [6.45, 7) is 2.56. The predicted octanol–water partition coefficient (Wildman–Crippen LogP) is 4.63. The lowest BCUT2D eigenvalue weighted by atomic mass is 10.1. The summed E-state index contributed by atoms with van der Waals surface area (Å²) in [6.07, 6.45) is 8.10. The van der Waals surface area contributed by atoms with Crippen LogP contribution in [0.15, 0.2) is 30.3 Å². The van der Waals surface area contributed by atoms with Gasteiger partial charge in [-0.2, -0.15) is 0 Å². The molecule has 9 heteroatoms. The van der Waals surface area contributed by atoms with Crippen molar-refractivity contribution in [3.05, 3.63) is 30.3 Å². The second-order valence-electron chi connectivity index (χ2n) is 6.01. The number of hydrogen-bond acceptors (Lipinski definition) is 6. The molecular weight excluding hydrogens is 371 g/mol. The number of rotatable bonds is 15. The number of ether oxygens (including phenoxy) is 2. The summed E-state index contributed by atoms with van der Waals surface area (Å²) in [4.78, 5) is 17.3. The molecule has 1 rings (SSSR count). The maximum atomic E-state index is 10.6. The van der Waals surface area contributed by atoms with Crippen LogP contribution in [0.3, 0.4) is 0 Å². The second-order valence-corrected chi connectivity index (χ2v) is 7.25. The minimum Gasteiger partial charge on any atom is -0.488 e. The zero-order valence-electron chi connectivity index (χ0n) is 16.4. The number of hydrogen-bond donors (Lipinski definition) is 4. The average molecular weight is 408 g/mol. The van der Waals surface area contributed by atoms with Crippen molar-refractivity contribution in [3.63, 3.8) is 0 Å². The van der Waals surface area contributed by atoms with Crippen molar-refractivity contribution in [2.24, 2.45) is 0 Å². The Labute approximate surface area is 163 Å². The quantitative estimate of drug-likeness (QED) is 0.242. The van der Waals surface area contributed by atoms with Crippen molar-refractivity contribution in [1.82, 2.24) is 12.3 Å². The van der Waals surface area contributed by atoms with Gasteiger partial charge in [0.25, 0.3) is 0 Å². The van der Waals surface area contributed by atoms with Gasteiger partial charge in [-0.25, -0.2) is 4.57 Å². The van der Waals surface area contributed by atoms with Gasteiger partial charge in [0.05, 0.1) is 19.8 Å². The lowest BCUT2D eigenvalue weighted by Crippen LogP contribution is -2.24. The van der Waals surface area contributed by atoms with E-state index >= 15 is 0 Å². The van der Waals surface area contributed by atoms with Crippen molar-refractivity contribution in [3.8, 4) is 5.75 Å². The Hall–Kier alpha value is -0.990. The van der Waals surface area contributed by atoms with Gasteiger partial charge in [-0.05, 0) is 25.0 Å². The Bertz CT molecular complexity index is 486. The van der Waals surface area contributed by atoms with Crippen LogP contribution in [0.2, 0.25) is 0 Å². The molecular formula is C18H37N2O6P. The first kappa shape index (κ1) is 28.2. The van der Waals surface area contributed by atoms with E-state index in [4.69, 9.17) is 19.3 Å². The normalized spacial score (nSPS) is 12.0. The highest BCUT2D eigenvalue weighted by molar-refractivity contribution is 7.46. The molecule has 0 aliphatic rings. The van der Waals surface area contributed by atoms with E-state index in [0.29, 0.717) is 6.61 Å². The third-order valence-electron chi connectivity index (χ3n) is 3.72. The minimum absolute atomic E-state index is 0. The summed E-state index contributed by atoms with van der Waals surface area (Å²) < 4.78 is 26.4. The molecule has 0 heterocycles. The smallest absolute Gasteiger partial charge is 0.469 e. The van der Waals surface area contributed by atoms with Crippen LogP contribution in [0.4, 0.5) is 0 Å². The first-order valence-corrected chi connectivity index (χ1v) is 10.5. The number of para-hydroxylation sites is 1. The number of benzene rings is 1. The summed E-state index contributed by atoms with van der Waals surface area (Å²) in [5.41, 5.74) is 0. The van der Waals surface area contributed by atoms with Crippen LogP contribution in [0.25, 0.3) is 0 Å². The number of phosphoric acid groups is 1. The summed E-state index contributed by atoms with van der Waals surface area (Å²) in [5.74, 6) is 0.800. The van der Waals surface area contributed by atoms with Crippen LogP contribution in [0.5, 0.6) is 5.75 Å². The fraction of sp³-hybridized carbons (Fsp3) is 0.667. The van der Waals surface area contributed by atoms with Crippen LogP contribution in [-0.4, -0.2) is 35.7 Å². The van der Waals surface area contributed by atoms with Gasteiger partial charge in [0, 0.05) is 0 Å². The maximum absolute atomic E-state index is 10.6. The molecule has 0 radical (unpaired) electrons. The largest absolute Gasteiger partial charge is 0.488 e. The molecule has 1 unspecified atom stereocenters. The standard InChI is InChI=1S/C18H31O6P.2H3N/c1-2-3-4-5-6-8-13-18(24-17-11-9-7-10-12-17)16-22-14-15-23-25(19,20)21;;/h7,9-12,18H,2-6,8,13-16H2,1H3,(H2,19,20,21);2*1H3. The van der Waals surface area contributed by atoms with Crippen molar-refractivity contribution in [2.45, 2.75) is 58.0 Å². The van der Waals surface area contributed by atoms with E-state index < -0.39 is 7.82 Å². The summed E-state index contributed by atoms with van der Waals surface area (Å²) in [5, 5.41) is 0. The van der Waals surface area contributed by atoms with Crippen molar-refractivity contribution >= 4 is 7.82 Å². The average Bonchev–Trinajstić information content (AvgIpc) is 2.57. The Morgan fingerprint density at radius 2 is 1.59 bits per heavy atom. The Morgan fingerprint density at radius 1 is 0.963 bits per heavy atom. The second kappa shape index (κ2) is 17.1. The Kier molecular flexibility index (Phi) is 17.9. The molecule has 0 saturated carbocycles. The van der Waals surface area contributed by atoms with Gasteiger partial charge in [-0.1, -0.05) is 57.2 Å². The van der Waals surface area contributed by atoms with Crippen molar-refractivity contribution < 1.29 is 28.3 Å². The van der Waals surface area contributed by atoms with E-state index in [9.17, 15) is 4.57 Å². The van der Waals surface area contributed by atoms with E-state index in [1.807, 2.05) is 30.3 Å². The first-order valence-electron chi connectivity index (χ1n) is 9.01. The number of unbranched alkanes of at least 4 members (excludes halogenated alkanes) is 5. The molecule has 0 spiro atoms. The molecule has 0 amide bonds. The van der Waals surface area contributed by atoms with E-state index in [-0.39, 0.29) is 31.6 Å². The van der Waals surface area contributed by atoms with Crippen LogP contribution < -0.4 is 17.0 Å². The molecule has 160 valence electrons. The number of phosphoric ester groups is 1. The third-order valence-corrected chi connectivity index (χ3v) is 4.24. The fourth-order valence-electron chi connectivity index (χ4n) is 2.45. The highest BCUT2D eigenvalue weighted by atomic mass is 31.2. The molecule has 8 nitrogen and oxygen atoms in total. The lowest BCUT2D eigenvalue weighted by molar-refractivity contribution is 0.0272. The topological polar surface area (TPSA) is 155 Å². The Balaban J connectivity index is 0. The molecule has 1 aromatic carbocycles. The van der Waals surface area contributed by atoms with Gasteiger partial charge in [-0.3, -0.25) is 4.52 Å². The molecule has 0 saturated heterocycles. The summed E-state index contributed by atoms with van der Waals surface area (Å²) in [7, 11) is -4.43. The Morgan fingerprint density at radius 3 is 2.22 bits per heavy atom. The molecule has 0 aromatic heterocycles. The predicted molar refractivity (Wildman–Crippen MR) is 108 cm³/mol. The van der Waals surface area contributed by atoms with Crippen LogP contribution >= 0.6 is 7.82 Å². The third kappa shape index (κ3) is 16.9. The van der Waals surface area contributed by atoms with Gasteiger partial charge in [0.1, 0.15) is 11.9 Å². The van der Waals surface area contributed by atoms with Gasteiger partial charge in [0.15, 0.2) is 0 Å². The van der Waals surface area contributed by atoms with Gasteiger partial charge in [0.2, 0.25) is 0 Å². The van der Waals surface area contributed by atoms with Gasteiger partial charge in [-0.15, -0.1) is 0 Å². The lowest BCUT2D eigenvalue weighted by Gasteiger charge is -2.19. The minimum atomic E-state index is -4.43. The molecule has 27 heavy (non-hydrogen) atoms. The highest BCUT2D eigenvalue weighted by Gasteiger charge is 2.14. The van der Waals surface area contributed by atoms with E-state index in [2.05, 4.69) is 11.4 Å². The monoisotopic (exact) mass is 408 g/mol. The SMILES string of the molecule is CCCCCCCCC(COCCOP(=O)(O)O)Oc1ccccc1.N.N. The zero-order valence-corrected chi connectivity index (χ0v) is 17.3. The maximum Gasteiger partial charge on any atom is 0.469 e. The van der Waals surface area contributed by atoms with Gasteiger partial charge < -0.3 is 31.6 Å². The molecule has 1 atom stereocenters. The summed E-state index contributed by atoms with van der Waals surface area (Å²) in [6, 6.07) is 9.60. The molecule has 0 fully saturated rings.